The van der Waals surface area contributed by atoms with E-state index in [0.717, 1.165) is 17.5 Å². The van der Waals surface area contributed by atoms with Crippen molar-refractivity contribution in [1.82, 2.24) is 4.98 Å². The molecule has 0 spiro atoms. The van der Waals surface area contributed by atoms with Crippen LogP contribution in [0.3, 0.4) is 0 Å². The quantitative estimate of drug-likeness (QED) is 0.0902. The zero-order valence-corrected chi connectivity index (χ0v) is 24.4. The lowest BCUT2D eigenvalue weighted by Gasteiger charge is -2.24. The number of aromatic nitrogens is 1. The smallest absolute Gasteiger partial charge is 0.301 e. The molecule has 1 fully saturated rings. The molecule has 212 valence electrons. The lowest BCUT2D eigenvalue weighted by Crippen LogP contribution is -2.29. The normalized spacial score (nSPS) is 16.4. The summed E-state index contributed by atoms with van der Waals surface area (Å²) in [5.74, 6) is -0.285. The maximum absolute atomic E-state index is 13.6. The number of benzene rings is 3. The van der Waals surface area contributed by atoms with Crippen LogP contribution in [-0.2, 0) is 9.59 Å². The lowest BCUT2D eigenvalue weighted by molar-refractivity contribution is -0.132. The SMILES string of the molecule is CCCCOc1ccc(C2/C(=C(\O)c3ccc(OC)cc3)C(=O)C(=O)N2c2nc3ccc(Cl)cc3s2)cc1OCC. The standard InChI is InChI=1S/C31H29ClN2O6S/c1-4-6-15-40-23-14-9-19(16-24(23)39-5-2)27-26(28(35)18-7-11-21(38-3)12-8-18)29(36)30(37)34(27)31-33-22-13-10-20(32)17-25(22)41-31/h7-14,16-17,27,35H,4-6,15H2,1-3H3/b28-26+. The molecule has 0 bridgehead atoms. The number of carbonyl (C=O) groups excluding carboxylic acids is 2. The van der Waals surface area contributed by atoms with E-state index in [-0.39, 0.29) is 11.3 Å². The molecule has 0 aliphatic carbocycles. The van der Waals surface area contributed by atoms with Crippen LogP contribution in [0.1, 0.15) is 43.9 Å². The molecule has 2 heterocycles. The number of anilines is 1. The molecule has 41 heavy (non-hydrogen) atoms. The Morgan fingerprint density at radius 2 is 1.80 bits per heavy atom. The second kappa shape index (κ2) is 12.2. The number of methoxy groups -OCH3 is 1. The molecule has 5 rings (SSSR count). The average molecular weight is 593 g/mol. The fraction of sp³-hybridized carbons (Fsp3) is 0.258. The van der Waals surface area contributed by atoms with Crippen LogP contribution < -0.4 is 19.1 Å². The number of fused-ring (bicyclic) bond motifs is 1. The predicted molar refractivity (Wildman–Crippen MR) is 160 cm³/mol. The molecular weight excluding hydrogens is 564 g/mol. The van der Waals surface area contributed by atoms with Crippen molar-refractivity contribution >= 4 is 55.7 Å². The van der Waals surface area contributed by atoms with Crippen molar-refractivity contribution in [2.75, 3.05) is 25.2 Å². The third kappa shape index (κ3) is 5.60. The summed E-state index contributed by atoms with van der Waals surface area (Å²) in [4.78, 5) is 33.2. The van der Waals surface area contributed by atoms with Crippen molar-refractivity contribution in [2.24, 2.45) is 0 Å². The van der Waals surface area contributed by atoms with Gasteiger partial charge < -0.3 is 19.3 Å². The van der Waals surface area contributed by atoms with Gasteiger partial charge in [0.05, 0.1) is 42.2 Å². The van der Waals surface area contributed by atoms with Gasteiger partial charge in [0.1, 0.15) is 11.5 Å². The molecule has 8 nitrogen and oxygen atoms in total. The van der Waals surface area contributed by atoms with E-state index in [1.165, 1.54) is 23.3 Å². The summed E-state index contributed by atoms with van der Waals surface area (Å²) < 4.78 is 17.8. The molecular formula is C31H29ClN2O6S. The fourth-order valence-corrected chi connectivity index (χ4v) is 5.92. The van der Waals surface area contributed by atoms with Crippen molar-refractivity contribution in [1.29, 1.82) is 0 Å². The number of carbonyl (C=O) groups is 2. The number of halogens is 1. The molecule has 1 saturated heterocycles. The average Bonchev–Trinajstić information content (AvgIpc) is 3.51. The van der Waals surface area contributed by atoms with Gasteiger partial charge in [-0.05, 0) is 73.5 Å². The molecule has 1 aliphatic rings. The van der Waals surface area contributed by atoms with Crippen LogP contribution in [-0.4, -0.2) is 42.1 Å². The van der Waals surface area contributed by atoms with E-state index in [1.54, 1.807) is 60.7 Å². The van der Waals surface area contributed by atoms with E-state index in [9.17, 15) is 14.7 Å². The number of rotatable bonds is 10. The zero-order chi connectivity index (χ0) is 29.1. The minimum absolute atomic E-state index is 0.0560. The number of ketones is 1. The summed E-state index contributed by atoms with van der Waals surface area (Å²) in [6.07, 6.45) is 1.87. The largest absolute Gasteiger partial charge is 0.507 e. The van der Waals surface area contributed by atoms with E-state index < -0.39 is 17.7 Å². The van der Waals surface area contributed by atoms with Gasteiger partial charge in [0.15, 0.2) is 16.6 Å². The van der Waals surface area contributed by atoms with Crippen LogP contribution >= 0.6 is 22.9 Å². The Morgan fingerprint density at radius 3 is 2.51 bits per heavy atom. The number of unbranched alkanes of at least 4 members (excludes halogenated alkanes) is 1. The molecule has 1 N–H and O–H groups in total. The van der Waals surface area contributed by atoms with Crippen molar-refractivity contribution < 1.29 is 28.9 Å². The topological polar surface area (TPSA) is 98.2 Å². The minimum atomic E-state index is -0.975. The van der Waals surface area contributed by atoms with Gasteiger partial charge in [-0.3, -0.25) is 14.5 Å². The number of nitrogens with zero attached hydrogens (tertiary/aromatic N) is 2. The van der Waals surface area contributed by atoms with Gasteiger partial charge in [-0.1, -0.05) is 42.3 Å². The summed E-state index contributed by atoms with van der Waals surface area (Å²) in [6, 6.07) is 16.2. The van der Waals surface area contributed by atoms with Gasteiger partial charge in [-0.2, -0.15) is 0 Å². The van der Waals surface area contributed by atoms with E-state index in [2.05, 4.69) is 11.9 Å². The highest BCUT2D eigenvalue weighted by molar-refractivity contribution is 7.22. The van der Waals surface area contributed by atoms with E-state index in [1.807, 2.05) is 6.92 Å². The molecule has 0 saturated carbocycles. The van der Waals surface area contributed by atoms with Gasteiger partial charge in [0.25, 0.3) is 5.78 Å². The van der Waals surface area contributed by atoms with Crippen molar-refractivity contribution in [3.63, 3.8) is 0 Å². The second-order valence-corrected chi connectivity index (χ2v) is 10.8. The van der Waals surface area contributed by atoms with Gasteiger partial charge >= 0.3 is 5.91 Å². The van der Waals surface area contributed by atoms with Crippen LogP contribution in [0.15, 0.2) is 66.2 Å². The maximum Gasteiger partial charge on any atom is 0.301 e. The molecule has 4 aromatic rings. The molecule has 1 amide bonds. The summed E-state index contributed by atoms with van der Waals surface area (Å²) >= 11 is 7.43. The third-order valence-corrected chi connectivity index (χ3v) is 7.94. The van der Waals surface area contributed by atoms with Crippen LogP contribution in [0.2, 0.25) is 5.02 Å². The molecule has 0 radical (unpaired) electrons. The summed E-state index contributed by atoms with van der Waals surface area (Å²) in [7, 11) is 1.54. The highest BCUT2D eigenvalue weighted by Gasteiger charge is 2.48. The Labute approximate surface area is 246 Å². The van der Waals surface area contributed by atoms with Crippen LogP contribution in [0.4, 0.5) is 5.13 Å². The minimum Gasteiger partial charge on any atom is -0.507 e. The molecule has 3 aromatic carbocycles. The first kappa shape index (κ1) is 28.4. The van der Waals surface area contributed by atoms with Gasteiger partial charge in [-0.25, -0.2) is 4.98 Å². The number of amides is 1. The highest BCUT2D eigenvalue weighted by Crippen LogP contribution is 2.46. The Kier molecular flexibility index (Phi) is 8.46. The van der Waals surface area contributed by atoms with E-state index in [0.29, 0.717) is 57.3 Å². The van der Waals surface area contributed by atoms with Crippen LogP contribution in [0.5, 0.6) is 17.2 Å². The summed E-state index contributed by atoms with van der Waals surface area (Å²) in [5.41, 5.74) is 1.51. The van der Waals surface area contributed by atoms with Crippen molar-refractivity contribution in [2.45, 2.75) is 32.7 Å². The Hall–Kier alpha value is -4.08. The second-order valence-electron chi connectivity index (χ2n) is 9.35. The highest BCUT2D eigenvalue weighted by atomic mass is 35.5. The van der Waals surface area contributed by atoms with Crippen molar-refractivity contribution in [3.8, 4) is 17.2 Å². The molecule has 1 atom stereocenters. The first-order chi connectivity index (χ1) is 19.9. The number of hydrogen-bond donors (Lipinski definition) is 1. The monoisotopic (exact) mass is 592 g/mol. The zero-order valence-electron chi connectivity index (χ0n) is 22.8. The summed E-state index contributed by atoms with van der Waals surface area (Å²) in [6.45, 7) is 4.86. The Bertz CT molecular complexity index is 1630. The maximum atomic E-state index is 13.6. The summed E-state index contributed by atoms with van der Waals surface area (Å²) in [5, 5.41) is 12.3. The Balaban J connectivity index is 1.68. The third-order valence-electron chi connectivity index (χ3n) is 6.69. The fourth-order valence-electron chi connectivity index (χ4n) is 4.65. The molecule has 1 aromatic heterocycles. The number of ether oxygens (including phenoxy) is 3. The molecule has 10 heteroatoms. The van der Waals surface area contributed by atoms with Gasteiger partial charge in [0.2, 0.25) is 0 Å². The Morgan fingerprint density at radius 1 is 1.02 bits per heavy atom. The number of thiazole rings is 1. The number of aliphatic hydroxyl groups is 1. The van der Waals surface area contributed by atoms with E-state index >= 15 is 0 Å². The molecule has 1 unspecified atom stereocenters. The number of aliphatic hydroxyl groups excluding tert-OH is 1. The van der Waals surface area contributed by atoms with Crippen LogP contribution in [0.25, 0.3) is 16.0 Å². The lowest BCUT2D eigenvalue weighted by atomic mass is 9.95. The van der Waals surface area contributed by atoms with Gasteiger partial charge in [0, 0.05) is 10.6 Å². The first-order valence-electron chi connectivity index (χ1n) is 13.3. The predicted octanol–water partition coefficient (Wildman–Crippen LogP) is 7.16. The van der Waals surface area contributed by atoms with E-state index in [4.69, 9.17) is 25.8 Å². The number of hydrogen-bond acceptors (Lipinski definition) is 8. The first-order valence-corrected chi connectivity index (χ1v) is 14.5. The van der Waals surface area contributed by atoms with Gasteiger partial charge in [-0.15, -0.1) is 0 Å². The number of Topliss-reactive ketones (excluding diaryl/α,β-unsaturated/α-hetero) is 1. The van der Waals surface area contributed by atoms with Crippen molar-refractivity contribution in [3.05, 3.63) is 82.4 Å². The molecule has 1 aliphatic heterocycles. The van der Waals surface area contributed by atoms with Crippen LogP contribution in [0, 0.1) is 0 Å².